The van der Waals surface area contributed by atoms with Crippen LogP contribution < -0.4 is 5.46 Å². The molecule has 0 atom stereocenters. The van der Waals surface area contributed by atoms with Crippen LogP contribution in [0.25, 0.3) is 11.1 Å². The SMILES string of the molecule is Bc1ccc2c(c1)C(c1ccc3c(c1)CC3)(c1ccc3c(c1)CC3)c1cc(S)ccc1-2. The first kappa shape index (κ1) is 17.9. The highest BCUT2D eigenvalue weighted by Gasteiger charge is 2.47. The number of thiol groups is 1. The van der Waals surface area contributed by atoms with E-state index in [9.17, 15) is 0 Å². The van der Waals surface area contributed by atoms with E-state index in [1.165, 1.54) is 86.8 Å². The molecular weight excluding hydrogens is 391 g/mol. The first-order chi connectivity index (χ1) is 15.1. The lowest BCUT2D eigenvalue weighted by Gasteiger charge is -2.37. The maximum atomic E-state index is 4.78. The molecule has 0 saturated heterocycles. The standard InChI is InChI=1S/C29H23BS/c30-23-9-11-25-26-12-10-24(31)16-28(26)29(27(25)15-23,21-7-5-17-1-3-19(17)13-21)22-8-6-18-2-4-20(18)14-22/h5-16,31H,1-4,30H2. The van der Waals surface area contributed by atoms with Crippen molar-refractivity contribution in [3.63, 3.8) is 0 Å². The molecule has 0 fully saturated rings. The average molecular weight is 414 g/mol. The molecule has 0 unspecified atom stereocenters. The third kappa shape index (κ3) is 2.29. The Bertz CT molecular complexity index is 1310. The summed E-state index contributed by atoms with van der Waals surface area (Å²) < 4.78 is 0. The molecule has 0 heterocycles. The van der Waals surface area contributed by atoms with Gasteiger partial charge < -0.3 is 0 Å². The van der Waals surface area contributed by atoms with E-state index < -0.39 is 0 Å². The molecule has 0 aromatic heterocycles. The predicted octanol–water partition coefficient (Wildman–Crippen LogP) is 4.79. The van der Waals surface area contributed by atoms with E-state index in [-0.39, 0.29) is 5.41 Å². The van der Waals surface area contributed by atoms with Gasteiger partial charge in [0.2, 0.25) is 0 Å². The van der Waals surface area contributed by atoms with Crippen LogP contribution in [0.1, 0.15) is 44.5 Å². The van der Waals surface area contributed by atoms with Crippen molar-refractivity contribution in [2.45, 2.75) is 36.0 Å². The number of benzene rings is 4. The van der Waals surface area contributed by atoms with Crippen LogP contribution in [0.15, 0.2) is 77.7 Å². The summed E-state index contributed by atoms with van der Waals surface area (Å²) in [6.45, 7) is 0. The Morgan fingerprint density at radius 1 is 0.581 bits per heavy atom. The molecule has 0 amide bonds. The second-order valence-electron chi connectivity index (χ2n) is 9.50. The van der Waals surface area contributed by atoms with E-state index in [1.54, 1.807) is 0 Å². The third-order valence-corrected chi connectivity index (χ3v) is 8.16. The van der Waals surface area contributed by atoms with Crippen LogP contribution in [0.3, 0.4) is 0 Å². The molecule has 7 rings (SSSR count). The minimum atomic E-state index is -0.287. The molecule has 4 aromatic rings. The Morgan fingerprint density at radius 3 is 1.68 bits per heavy atom. The summed E-state index contributed by atoms with van der Waals surface area (Å²) in [4.78, 5) is 1.03. The lowest BCUT2D eigenvalue weighted by Crippen LogP contribution is -2.31. The molecule has 0 nitrogen and oxygen atoms in total. The minimum Gasteiger partial charge on any atom is -0.143 e. The predicted molar refractivity (Wildman–Crippen MR) is 134 cm³/mol. The van der Waals surface area contributed by atoms with Gasteiger partial charge in [0.25, 0.3) is 0 Å². The fourth-order valence-corrected chi connectivity index (χ4v) is 6.27. The smallest absolute Gasteiger partial charge is 0.139 e. The van der Waals surface area contributed by atoms with Gasteiger partial charge in [-0.1, -0.05) is 66.1 Å². The summed E-state index contributed by atoms with van der Waals surface area (Å²) in [5.74, 6) is 0. The van der Waals surface area contributed by atoms with E-state index >= 15 is 0 Å². The fourth-order valence-electron chi connectivity index (χ4n) is 6.07. The number of hydrogen-bond donors (Lipinski definition) is 1. The molecule has 0 N–H and O–H groups in total. The number of fused-ring (bicyclic) bond motifs is 5. The topological polar surface area (TPSA) is 0 Å². The van der Waals surface area contributed by atoms with Crippen molar-refractivity contribution >= 4 is 25.9 Å². The molecule has 0 radical (unpaired) electrons. The van der Waals surface area contributed by atoms with Crippen molar-refractivity contribution in [1.29, 1.82) is 0 Å². The second-order valence-corrected chi connectivity index (χ2v) is 10.0. The minimum absolute atomic E-state index is 0.287. The van der Waals surface area contributed by atoms with Gasteiger partial charge >= 0.3 is 0 Å². The maximum Gasteiger partial charge on any atom is 0.139 e. The van der Waals surface area contributed by atoms with Crippen LogP contribution in [0.2, 0.25) is 0 Å². The highest BCUT2D eigenvalue weighted by atomic mass is 32.1. The summed E-state index contributed by atoms with van der Waals surface area (Å²) in [6.07, 6.45) is 4.83. The van der Waals surface area contributed by atoms with Gasteiger partial charge in [-0.15, -0.1) is 12.6 Å². The summed E-state index contributed by atoms with van der Waals surface area (Å²) >= 11 is 4.78. The van der Waals surface area contributed by atoms with Crippen LogP contribution in [-0.4, -0.2) is 7.85 Å². The van der Waals surface area contributed by atoms with Gasteiger partial charge in [-0.25, -0.2) is 0 Å². The molecule has 0 saturated carbocycles. The zero-order valence-electron chi connectivity index (χ0n) is 17.7. The normalized spacial score (nSPS) is 16.4. The fraction of sp³-hybridized carbons (Fsp3) is 0.172. The zero-order valence-corrected chi connectivity index (χ0v) is 18.6. The first-order valence-corrected chi connectivity index (χ1v) is 11.8. The van der Waals surface area contributed by atoms with Crippen LogP contribution in [-0.2, 0) is 31.1 Å². The van der Waals surface area contributed by atoms with Gasteiger partial charge in [0, 0.05) is 4.90 Å². The van der Waals surface area contributed by atoms with E-state index in [2.05, 4.69) is 80.6 Å². The average Bonchev–Trinajstić information content (AvgIpc) is 2.99. The third-order valence-electron chi connectivity index (χ3n) is 7.88. The highest BCUT2D eigenvalue weighted by molar-refractivity contribution is 7.80. The highest BCUT2D eigenvalue weighted by Crippen LogP contribution is 2.57. The molecule has 31 heavy (non-hydrogen) atoms. The quantitative estimate of drug-likeness (QED) is 0.312. The number of hydrogen-bond acceptors (Lipinski definition) is 1. The molecule has 2 heteroatoms. The van der Waals surface area contributed by atoms with Gasteiger partial charge in [-0.3, -0.25) is 0 Å². The van der Waals surface area contributed by atoms with Crippen molar-refractivity contribution in [3.8, 4) is 11.1 Å². The van der Waals surface area contributed by atoms with Crippen LogP contribution >= 0.6 is 12.6 Å². The van der Waals surface area contributed by atoms with E-state index in [0.29, 0.717) is 0 Å². The Balaban J connectivity index is 1.65. The van der Waals surface area contributed by atoms with Crippen molar-refractivity contribution in [2.24, 2.45) is 0 Å². The van der Waals surface area contributed by atoms with Crippen molar-refractivity contribution in [2.75, 3.05) is 0 Å². The lowest BCUT2D eigenvalue weighted by atomic mass is 9.65. The molecule has 4 aromatic carbocycles. The summed E-state index contributed by atoms with van der Waals surface area (Å²) in [5, 5.41) is 0. The Hall–Kier alpha value is -2.71. The zero-order chi connectivity index (χ0) is 20.7. The Morgan fingerprint density at radius 2 is 1.13 bits per heavy atom. The second kappa shape index (κ2) is 6.17. The summed E-state index contributed by atoms with van der Waals surface area (Å²) in [6, 6.07) is 28.2. The van der Waals surface area contributed by atoms with Crippen molar-refractivity contribution in [1.82, 2.24) is 0 Å². The maximum absolute atomic E-state index is 4.78. The van der Waals surface area contributed by atoms with Gasteiger partial charge in [0.1, 0.15) is 7.85 Å². The number of rotatable bonds is 2. The van der Waals surface area contributed by atoms with Crippen molar-refractivity contribution in [3.05, 3.63) is 117 Å². The molecule has 0 bridgehead atoms. The van der Waals surface area contributed by atoms with E-state index in [4.69, 9.17) is 12.6 Å². The van der Waals surface area contributed by atoms with Crippen LogP contribution in [0.4, 0.5) is 0 Å². The first-order valence-electron chi connectivity index (χ1n) is 11.3. The van der Waals surface area contributed by atoms with Gasteiger partial charge in [0.15, 0.2) is 0 Å². The molecule has 3 aliphatic carbocycles. The van der Waals surface area contributed by atoms with Crippen LogP contribution in [0.5, 0.6) is 0 Å². The van der Waals surface area contributed by atoms with Gasteiger partial charge in [-0.2, -0.15) is 0 Å². The van der Waals surface area contributed by atoms with E-state index in [0.717, 1.165) is 4.90 Å². The lowest BCUT2D eigenvalue weighted by molar-refractivity contribution is 0.739. The number of aryl methyl sites for hydroxylation is 4. The molecular formula is C29H23BS. The van der Waals surface area contributed by atoms with Crippen LogP contribution in [0, 0.1) is 0 Å². The van der Waals surface area contributed by atoms with Crippen molar-refractivity contribution < 1.29 is 0 Å². The van der Waals surface area contributed by atoms with Gasteiger partial charge in [-0.05, 0) is 93.5 Å². The molecule has 0 aliphatic heterocycles. The molecule has 3 aliphatic rings. The largest absolute Gasteiger partial charge is 0.143 e. The monoisotopic (exact) mass is 414 g/mol. The molecule has 0 spiro atoms. The van der Waals surface area contributed by atoms with Gasteiger partial charge in [0.05, 0.1) is 5.41 Å². The van der Waals surface area contributed by atoms with E-state index in [1.807, 2.05) is 0 Å². The molecule has 148 valence electrons. The Kier molecular flexibility index (Phi) is 3.57. The Labute approximate surface area is 190 Å². The summed E-state index contributed by atoms with van der Waals surface area (Å²) in [5.41, 5.74) is 15.4. The summed E-state index contributed by atoms with van der Waals surface area (Å²) in [7, 11) is 2.22.